The van der Waals surface area contributed by atoms with Crippen molar-refractivity contribution in [1.82, 2.24) is 9.78 Å². The van der Waals surface area contributed by atoms with Crippen molar-refractivity contribution < 1.29 is 9.90 Å². The number of aromatic carboxylic acids is 1. The van der Waals surface area contributed by atoms with Gasteiger partial charge in [0.05, 0.1) is 0 Å². The zero-order chi connectivity index (χ0) is 10.7. The Bertz CT molecular complexity index is 448. The quantitative estimate of drug-likeness (QED) is 0.859. The molecule has 0 aliphatic rings. The molecule has 0 fully saturated rings. The first-order valence-electron chi connectivity index (χ1n) is 4.55. The maximum atomic E-state index is 10.8. The number of hydrogen-bond acceptors (Lipinski definition) is 3. The predicted molar refractivity (Wildman–Crippen MR) is 57.2 cm³/mol. The van der Waals surface area contributed by atoms with Crippen molar-refractivity contribution in [3.63, 3.8) is 0 Å². The molecule has 0 radical (unpaired) electrons. The Balaban J connectivity index is 2.05. The largest absolute Gasteiger partial charge is 0.477 e. The van der Waals surface area contributed by atoms with E-state index in [9.17, 15) is 4.79 Å². The van der Waals surface area contributed by atoms with Gasteiger partial charge >= 0.3 is 5.97 Å². The van der Waals surface area contributed by atoms with Crippen LogP contribution in [-0.4, -0.2) is 20.9 Å². The van der Waals surface area contributed by atoms with Crippen molar-refractivity contribution in [2.45, 2.75) is 13.0 Å². The fourth-order valence-electron chi connectivity index (χ4n) is 1.36. The summed E-state index contributed by atoms with van der Waals surface area (Å²) in [6.07, 6.45) is 2.33. The summed E-state index contributed by atoms with van der Waals surface area (Å²) in [5.41, 5.74) is 0.242. The number of carboxylic acids is 1. The molecule has 0 aliphatic carbocycles. The highest BCUT2D eigenvalue weighted by atomic mass is 32.1. The van der Waals surface area contributed by atoms with Gasteiger partial charge in [-0.15, -0.1) is 11.3 Å². The van der Waals surface area contributed by atoms with E-state index in [4.69, 9.17) is 5.11 Å². The molecule has 2 aromatic heterocycles. The zero-order valence-corrected chi connectivity index (χ0v) is 8.78. The van der Waals surface area contributed by atoms with Gasteiger partial charge in [0.25, 0.3) is 0 Å². The first-order valence-corrected chi connectivity index (χ1v) is 5.43. The van der Waals surface area contributed by atoms with Gasteiger partial charge in [-0.3, -0.25) is 4.68 Å². The lowest BCUT2D eigenvalue weighted by Crippen LogP contribution is -2.11. The van der Waals surface area contributed by atoms with Crippen molar-refractivity contribution >= 4 is 17.3 Å². The number of aryl methyl sites for hydroxylation is 2. The van der Waals surface area contributed by atoms with Crippen molar-refractivity contribution in [2.24, 2.45) is 0 Å². The van der Waals surface area contributed by atoms with Crippen molar-refractivity contribution in [3.8, 4) is 0 Å². The summed E-state index contributed by atoms with van der Waals surface area (Å²) in [5.74, 6) is -0.932. The van der Waals surface area contributed by atoms with E-state index in [1.54, 1.807) is 11.3 Å². The average Bonchev–Trinajstić information content (AvgIpc) is 2.86. The van der Waals surface area contributed by atoms with Crippen LogP contribution in [0.2, 0.25) is 0 Å². The Morgan fingerprint density at radius 1 is 1.53 bits per heavy atom. The molecule has 0 atom stereocenters. The third-order valence-corrected chi connectivity index (χ3v) is 3.02. The van der Waals surface area contributed by atoms with Crippen LogP contribution in [0.3, 0.4) is 0 Å². The highest BCUT2D eigenvalue weighted by Crippen LogP contribution is 2.10. The second-order valence-corrected chi connectivity index (χ2v) is 4.11. The van der Waals surface area contributed by atoms with Crippen molar-refractivity contribution in [2.75, 3.05) is 0 Å². The first-order chi connectivity index (χ1) is 7.27. The molecular weight excluding hydrogens is 212 g/mol. The summed E-state index contributed by atoms with van der Waals surface area (Å²) in [6.45, 7) is 0.606. The Kier molecular flexibility index (Phi) is 2.82. The predicted octanol–water partition coefficient (Wildman–Crippen LogP) is 1.89. The van der Waals surface area contributed by atoms with Crippen molar-refractivity contribution in [1.29, 1.82) is 0 Å². The van der Waals surface area contributed by atoms with Gasteiger partial charge in [-0.05, 0) is 17.5 Å². The maximum absolute atomic E-state index is 10.8. The molecule has 2 rings (SSSR count). The molecule has 0 amide bonds. The number of hydrogen-bond donors (Lipinski definition) is 1. The Hall–Kier alpha value is -1.62. The van der Waals surface area contributed by atoms with Crippen LogP contribution in [0.15, 0.2) is 29.8 Å². The van der Waals surface area contributed by atoms with Crippen LogP contribution in [0.1, 0.15) is 15.4 Å². The zero-order valence-electron chi connectivity index (χ0n) is 7.96. The number of rotatable bonds is 4. The van der Waals surface area contributed by atoms with Gasteiger partial charge in [-0.1, -0.05) is 6.07 Å². The molecule has 4 nitrogen and oxygen atoms in total. The van der Waals surface area contributed by atoms with E-state index in [2.05, 4.69) is 5.10 Å². The molecule has 0 aliphatic heterocycles. The summed E-state index contributed by atoms with van der Waals surface area (Å²) >= 11 is 1.67. The molecule has 5 heteroatoms. The SMILES string of the molecule is O=C(O)c1ccnn1CCc1cccs1. The van der Waals surface area contributed by atoms with Gasteiger partial charge in [-0.2, -0.15) is 5.10 Å². The molecule has 2 heterocycles. The Morgan fingerprint density at radius 3 is 3.07 bits per heavy atom. The molecule has 0 spiro atoms. The fourth-order valence-corrected chi connectivity index (χ4v) is 2.06. The molecular formula is C10H10N2O2S. The van der Waals surface area contributed by atoms with Gasteiger partial charge in [-0.25, -0.2) is 4.79 Å². The minimum absolute atomic E-state index is 0.242. The topological polar surface area (TPSA) is 55.1 Å². The second-order valence-electron chi connectivity index (χ2n) is 3.07. The van der Waals surface area contributed by atoms with Crippen LogP contribution in [-0.2, 0) is 13.0 Å². The Labute approximate surface area is 90.8 Å². The number of nitrogens with zero attached hydrogens (tertiary/aromatic N) is 2. The van der Waals surface area contributed by atoms with Crippen LogP contribution in [0.5, 0.6) is 0 Å². The second kappa shape index (κ2) is 4.27. The van der Waals surface area contributed by atoms with Gasteiger partial charge in [0.2, 0.25) is 0 Å². The molecule has 1 N–H and O–H groups in total. The average molecular weight is 222 g/mol. The molecule has 0 aromatic carbocycles. The fraction of sp³-hybridized carbons (Fsp3) is 0.200. The standard InChI is InChI=1S/C10H10N2O2S/c13-10(14)9-3-5-11-12(9)6-4-8-2-1-7-15-8/h1-3,5,7H,4,6H2,(H,13,14). The lowest BCUT2D eigenvalue weighted by atomic mass is 10.3. The highest BCUT2D eigenvalue weighted by Gasteiger charge is 2.09. The molecule has 0 saturated carbocycles. The molecule has 0 bridgehead atoms. The van der Waals surface area contributed by atoms with Crippen LogP contribution in [0.25, 0.3) is 0 Å². The monoisotopic (exact) mass is 222 g/mol. The molecule has 2 aromatic rings. The summed E-state index contributed by atoms with van der Waals surface area (Å²) in [7, 11) is 0. The van der Waals surface area contributed by atoms with E-state index in [-0.39, 0.29) is 5.69 Å². The molecule has 78 valence electrons. The van der Waals surface area contributed by atoms with E-state index in [1.807, 2.05) is 17.5 Å². The lowest BCUT2D eigenvalue weighted by molar-refractivity contribution is 0.0683. The van der Waals surface area contributed by atoms with Crippen LogP contribution < -0.4 is 0 Å². The van der Waals surface area contributed by atoms with E-state index in [0.29, 0.717) is 6.54 Å². The van der Waals surface area contributed by atoms with Crippen LogP contribution in [0.4, 0.5) is 0 Å². The smallest absolute Gasteiger partial charge is 0.354 e. The summed E-state index contributed by atoms with van der Waals surface area (Å²) in [5, 5.41) is 14.8. The number of aromatic nitrogens is 2. The van der Waals surface area contributed by atoms with Gasteiger partial charge in [0, 0.05) is 24.0 Å². The van der Waals surface area contributed by atoms with Gasteiger partial charge < -0.3 is 5.11 Å². The van der Waals surface area contributed by atoms with Crippen molar-refractivity contribution in [3.05, 3.63) is 40.3 Å². The van der Waals surface area contributed by atoms with Gasteiger partial charge in [0.1, 0.15) is 5.69 Å². The first kappa shape index (κ1) is 9.92. The highest BCUT2D eigenvalue weighted by molar-refractivity contribution is 7.09. The third-order valence-electron chi connectivity index (χ3n) is 2.09. The molecule has 0 unspecified atom stereocenters. The van der Waals surface area contributed by atoms with Crippen LogP contribution in [0, 0.1) is 0 Å². The van der Waals surface area contributed by atoms with Gasteiger partial charge in [0.15, 0.2) is 0 Å². The van der Waals surface area contributed by atoms with E-state index in [1.165, 1.54) is 21.8 Å². The normalized spacial score (nSPS) is 10.4. The third kappa shape index (κ3) is 2.24. The number of carboxylic acid groups (broad SMARTS) is 1. The summed E-state index contributed by atoms with van der Waals surface area (Å²) < 4.78 is 1.52. The minimum atomic E-state index is -0.932. The van der Waals surface area contributed by atoms with E-state index >= 15 is 0 Å². The summed E-state index contributed by atoms with van der Waals surface area (Å²) in [6, 6.07) is 5.53. The Morgan fingerprint density at radius 2 is 2.40 bits per heavy atom. The molecule has 15 heavy (non-hydrogen) atoms. The van der Waals surface area contributed by atoms with Crippen LogP contribution >= 0.6 is 11.3 Å². The molecule has 0 saturated heterocycles. The lowest BCUT2D eigenvalue weighted by Gasteiger charge is -2.02. The minimum Gasteiger partial charge on any atom is -0.477 e. The summed E-state index contributed by atoms with van der Waals surface area (Å²) in [4.78, 5) is 12.0. The maximum Gasteiger partial charge on any atom is 0.354 e. The van der Waals surface area contributed by atoms with E-state index < -0.39 is 5.97 Å². The van der Waals surface area contributed by atoms with E-state index in [0.717, 1.165) is 6.42 Å². The number of thiophene rings is 1. The number of carbonyl (C=O) groups is 1.